The first-order chi connectivity index (χ1) is 13.6. The average Bonchev–Trinajstić information content (AvgIpc) is 3.37. The molecule has 0 spiro atoms. The average molecular weight is 398 g/mol. The van der Waals surface area contributed by atoms with Gasteiger partial charge >= 0.3 is 11.9 Å². The van der Waals surface area contributed by atoms with Gasteiger partial charge in [-0.05, 0) is 30.7 Å². The van der Waals surface area contributed by atoms with Crippen LogP contribution < -0.4 is 5.32 Å². The van der Waals surface area contributed by atoms with Gasteiger partial charge in [-0.15, -0.1) is 11.3 Å². The maximum atomic E-state index is 12.3. The Hall–Kier alpha value is -3.39. The number of ether oxygens (including phenoxy) is 2. The van der Waals surface area contributed by atoms with Crippen molar-refractivity contribution >= 4 is 34.2 Å². The molecule has 1 aromatic carbocycles. The highest BCUT2D eigenvalue weighted by Gasteiger charge is 2.20. The van der Waals surface area contributed by atoms with Crippen LogP contribution in [0.25, 0.3) is 10.4 Å². The fraction of sp³-hybridized carbons (Fsp3) is 0.150. The molecule has 28 heavy (non-hydrogen) atoms. The molecule has 0 bridgehead atoms. The van der Waals surface area contributed by atoms with Gasteiger partial charge in [-0.25, -0.2) is 9.59 Å². The number of amides is 1. The number of rotatable bonds is 7. The van der Waals surface area contributed by atoms with Crippen LogP contribution in [0.2, 0.25) is 0 Å². The third kappa shape index (κ3) is 4.66. The zero-order valence-electron chi connectivity index (χ0n) is 15.1. The van der Waals surface area contributed by atoms with Crippen LogP contribution in [0.5, 0.6) is 0 Å². The van der Waals surface area contributed by atoms with E-state index in [1.54, 1.807) is 31.3 Å². The number of thiophene rings is 1. The van der Waals surface area contributed by atoms with Crippen molar-refractivity contribution in [3.8, 4) is 10.4 Å². The molecule has 0 saturated heterocycles. The van der Waals surface area contributed by atoms with Crippen LogP contribution in [-0.2, 0) is 14.3 Å². The number of hydrogen-bond donors (Lipinski definition) is 2. The van der Waals surface area contributed by atoms with Crippen molar-refractivity contribution in [1.82, 2.24) is 4.98 Å². The Morgan fingerprint density at radius 1 is 1.04 bits per heavy atom. The molecule has 1 amide bonds. The Bertz CT molecular complexity index is 964. The van der Waals surface area contributed by atoms with Crippen LogP contribution in [0.3, 0.4) is 0 Å². The third-order valence-electron chi connectivity index (χ3n) is 3.69. The molecule has 2 aromatic heterocycles. The Kier molecular flexibility index (Phi) is 6.23. The van der Waals surface area contributed by atoms with Crippen molar-refractivity contribution in [2.45, 2.75) is 6.92 Å². The predicted octanol–water partition coefficient (Wildman–Crippen LogP) is 3.72. The first-order valence-corrected chi connectivity index (χ1v) is 9.37. The molecule has 0 unspecified atom stereocenters. The van der Waals surface area contributed by atoms with Crippen LogP contribution in [-0.4, -0.2) is 36.0 Å². The largest absolute Gasteiger partial charge is 0.462 e. The second-order valence-corrected chi connectivity index (χ2v) is 6.70. The number of hydrogen-bond acceptors (Lipinski definition) is 6. The number of nitrogens with one attached hydrogen (secondary N) is 2. The lowest BCUT2D eigenvalue weighted by Gasteiger charge is -2.06. The number of carbonyl (C=O) groups excluding carboxylic acids is 3. The molecule has 0 aliphatic carbocycles. The van der Waals surface area contributed by atoms with E-state index < -0.39 is 24.5 Å². The van der Waals surface area contributed by atoms with Crippen LogP contribution in [0.15, 0.2) is 54.7 Å². The molecule has 0 radical (unpaired) electrons. The highest BCUT2D eigenvalue weighted by atomic mass is 32.1. The lowest BCUT2D eigenvalue weighted by atomic mass is 10.1. The first-order valence-electron chi connectivity index (χ1n) is 8.55. The van der Waals surface area contributed by atoms with E-state index in [2.05, 4.69) is 10.3 Å². The van der Waals surface area contributed by atoms with E-state index in [0.717, 1.165) is 10.4 Å². The standard InChI is InChI=1S/C20H18N2O5S/c1-2-26-19(24)14-11-16(13-7-4-3-5-8-13)28-18(14)22-17(23)12-27-20(25)15-9-6-10-21-15/h3-11,21H,2,12H2,1H3,(H,22,23). The van der Waals surface area contributed by atoms with Crippen LogP contribution in [0.4, 0.5) is 5.00 Å². The molecule has 0 aliphatic heterocycles. The van der Waals surface area contributed by atoms with E-state index in [4.69, 9.17) is 9.47 Å². The summed E-state index contributed by atoms with van der Waals surface area (Å²) in [7, 11) is 0. The van der Waals surface area contributed by atoms with Crippen molar-refractivity contribution in [3.05, 3.63) is 66.0 Å². The summed E-state index contributed by atoms with van der Waals surface area (Å²) in [5.41, 5.74) is 1.42. The Balaban J connectivity index is 1.73. The van der Waals surface area contributed by atoms with E-state index in [0.29, 0.717) is 5.00 Å². The molecule has 0 aliphatic rings. The van der Waals surface area contributed by atoms with E-state index in [-0.39, 0.29) is 17.9 Å². The number of carbonyl (C=O) groups is 3. The monoisotopic (exact) mass is 398 g/mol. The Morgan fingerprint density at radius 3 is 2.50 bits per heavy atom. The highest BCUT2D eigenvalue weighted by molar-refractivity contribution is 7.20. The SMILES string of the molecule is CCOC(=O)c1cc(-c2ccccc2)sc1NC(=O)COC(=O)c1ccc[nH]1. The predicted molar refractivity (Wildman–Crippen MR) is 105 cm³/mol. The minimum Gasteiger partial charge on any atom is -0.462 e. The summed E-state index contributed by atoms with van der Waals surface area (Å²) in [6, 6.07) is 14.4. The van der Waals surface area contributed by atoms with E-state index >= 15 is 0 Å². The molecule has 2 N–H and O–H groups in total. The smallest absolute Gasteiger partial charge is 0.355 e. The summed E-state index contributed by atoms with van der Waals surface area (Å²) in [6.07, 6.45) is 1.58. The quantitative estimate of drug-likeness (QED) is 0.591. The van der Waals surface area contributed by atoms with Gasteiger partial charge < -0.3 is 19.8 Å². The summed E-state index contributed by atoms with van der Waals surface area (Å²) in [5, 5.41) is 2.98. The van der Waals surface area contributed by atoms with Gasteiger partial charge in [0.15, 0.2) is 6.61 Å². The van der Waals surface area contributed by atoms with E-state index in [9.17, 15) is 14.4 Å². The van der Waals surface area contributed by atoms with Gasteiger partial charge in [0.2, 0.25) is 0 Å². The van der Waals surface area contributed by atoms with Crippen molar-refractivity contribution in [2.24, 2.45) is 0 Å². The zero-order valence-corrected chi connectivity index (χ0v) is 15.9. The fourth-order valence-electron chi connectivity index (χ4n) is 2.42. The van der Waals surface area contributed by atoms with Crippen LogP contribution in [0, 0.1) is 0 Å². The molecule has 0 atom stereocenters. The molecule has 3 aromatic rings. The number of benzene rings is 1. The maximum absolute atomic E-state index is 12.3. The topological polar surface area (TPSA) is 97.5 Å². The molecule has 0 saturated carbocycles. The normalized spacial score (nSPS) is 10.3. The zero-order chi connectivity index (χ0) is 19.9. The summed E-state index contributed by atoms with van der Waals surface area (Å²) in [5.74, 6) is -1.71. The number of H-pyrrole nitrogens is 1. The Labute approximate surface area is 165 Å². The van der Waals surface area contributed by atoms with Gasteiger partial charge in [0, 0.05) is 11.1 Å². The van der Waals surface area contributed by atoms with Gasteiger partial charge in [0.1, 0.15) is 10.7 Å². The van der Waals surface area contributed by atoms with Crippen LogP contribution in [0.1, 0.15) is 27.8 Å². The summed E-state index contributed by atoms with van der Waals surface area (Å²) in [4.78, 5) is 39.8. The minimum atomic E-state index is -0.637. The molecule has 2 heterocycles. The van der Waals surface area contributed by atoms with Gasteiger partial charge in [-0.3, -0.25) is 4.79 Å². The number of anilines is 1. The third-order valence-corrected chi connectivity index (χ3v) is 4.79. The molecular formula is C20H18N2O5S. The van der Waals surface area contributed by atoms with Crippen molar-refractivity contribution in [2.75, 3.05) is 18.5 Å². The molecule has 144 valence electrons. The lowest BCUT2D eigenvalue weighted by Crippen LogP contribution is -2.21. The molecule has 0 fully saturated rings. The number of aromatic nitrogens is 1. The Morgan fingerprint density at radius 2 is 1.82 bits per heavy atom. The van der Waals surface area contributed by atoms with Gasteiger partial charge in [0.25, 0.3) is 5.91 Å². The number of esters is 2. The molecule has 7 nitrogen and oxygen atoms in total. The summed E-state index contributed by atoms with van der Waals surface area (Å²) in [6.45, 7) is 1.45. The lowest BCUT2D eigenvalue weighted by molar-refractivity contribution is -0.119. The molecule has 3 rings (SSSR count). The van der Waals surface area contributed by atoms with Crippen molar-refractivity contribution in [3.63, 3.8) is 0 Å². The fourth-order valence-corrected chi connectivity index (χ4v) is 3.49. The van der Waals surface area contributed by atoms with E-state index in [1.807, 2.05) is 30.3 Å². The first kappa shape index (κ1) is 19.4. The van der Waals surface area contributed by atoms with Crippen molar-refractivity contribution in [1.29, 1.82) is 0 Å². The van der Waals surface area contributed by atoms with Crippen LogP contribution >= 0.6 is 11.3 Å². The number of aromatic amines is 1. The summed E-state index contributed by atoms with van der Waals surface area (Å²) >= 11 is 1.25. The van der Waals surface area contributed by atoms with Gasteiger partial charge in [-0.1, -0.05) is 30.3 Å². The second-order valence-electron chi connectivity index (χ2n) is 5.65. The van der Waals surface area contributed by atoms with Gasteiger partial charge in [-0.2, -0.15) is 0 Å². The molecule has 8 heteroatoms. The second kappa shape index (κ2) is 9.01. The highest BCUT2D eigenvalue weighted by Crippen LogP contribution is 2.35. The minimum absolute atomic E-state index is 0.219. The summed E-state index contributed by atoms with van der Waals surface area (Å²) < 4.78 is 10.0. The van der Waals surface area contributed by atoms with E-state index in [1.165, 1.54) is 11.3 Å². The molecular weight excluding hydrogens is 380 g/mol. The van der Waals surface area contributed by atoms with Crippen molar-refractivity contribution < 1.29 is 23.9 Å². The van der Waals surface area contributed by atoms with Gasteiger partial charge in [0.05, 0.1) is 12.2 Å². The maximum Gasteiger partial charge on any atom is 0.355 e.